The van der Waals surface area contributed by atoms with E-state index in [0.717, 1.165) is 37.6 Å². The maximum absolute atomic E-state index is 5.92. The van der Waals surface area contributed by atoms with E-state index in [2.05, 4.69) is 12.1 Å². The maximum Gasteiger partial charge on any atom is 0.122 e. The number of ether oxygens (including phenoxy) is 4. The first-order chi connectivity index (χ1) is 11.9. The number of hydrogen-bond donors (Lipinski definition) is 0. The van der Waals surface area contributed by atoms with Gasteiger partial charge >= 0.3 is 0 Å². The lowest BCUT2D eigenvalue weighted by atomic mass is 10.1. The summed E-state index contributed by atoms with van der Waals surface area (Å²) < 4.78 is 22.5. The van der Waals surface area contributed by atoms with Crippen molar-refractivity contribution >= 4 is 0 Å². The Balaban J connectivity index is 1.29. The minimum atomic E-state index is 0.363. The van der Waals surface area contributed by atoms with Crippen LogP contribution in [0.2, 0.25) is 0 Å². The molecule has 0 radical (unpaired) electrons. The standard InChI is InChI=1S/C20H22O4/c1-3-7-19(15(5-1)11-17-13-23-17)21-9-10-22-20-8-4-2-6-16(20)12-18-14-24-18/h1-8,17-18H,9-14H2. The Kier molecular flexibility index (Phi) is 4.67. The summed E-state index contributed by atoms with van der Waals surface area (Å²) in [7, 11) is 0. The molecular weight excluding hydrogens is 304 g/mol. The van der Waals surface area contributed by atoms with Crippen LogP contribution in [0.5, 0.6) is 11.5 Å². The summed E-state index contributed by atoms with van der Waals surface area (Å²) in [6.07, 6.45) is 2.56. The second-order valence-corrected chi connectivity index (χ2v) is 6.23. The van der Waals surface area contributed by atoms with Crippen LogP contribution in [-0.2, 0) is 22.3 Å². The van der Waals surface area contributed by atoms with Crippen LogP contribution in [0.4, 0.5) is 0 Å². The molecule has 0 saturated carbocycles. The molecule has 2 aliphatic rings. The average Bonchev–Trinajstić information content (AvgIpc) is 3.51. The second-order valence-electron chi connectivity index (χ2n) is 6.23. The molecule has 2 aromatic rings. The highest BCUT2D eigenvalue weighted by atomic mass is 16.6. The van der Waals surface area contributed by atoms with Crippen molar-refractivity contribution in [3.05, 3.63) is 59.7 Å². The Morgan fingerprint density at radius 3 is 1.54 bits per heavy atom. The largest absolute Gasteiger partial charge is 0.490 e. The number of rotatable bonds is 9. The van der Waals surface area contributed by atoms with Crippen LogP contribution in [0.1, 0.15) is 11.1 Å². The molecule has 2 aliphatic heterocycles. The van der Waals surface area contributed by atoms with Crippen LogP contribution in [0.15, 0.2) is 48.5 Å². The number of epoxide rings is 2. The fourth-order valence-electron chi connectivity index (χ4n) is 2.79. The van der Waals surface area contributed by atoms with E-state index in [1.165, 1.54) is 11.1 Å². The normalized spacial score (nSPS) is 21.3. The Morgan fingerprint density at radius 2 is 1.12 bits per heavy atom. The van der Waals surface area contributed by atoms with Crippen LogP contribution in [0.3, 0.4) is 0 Å². The third-order valence-corrected chi connectivity index (χ3v) is 4.24. The van der Waals surface area contributed by atoms with Crippen molar-refractivity contribution in [3.8, 4) is 11.5 Å². The minimum absolute atomic E-state index is 0.363. The van der Waals surface area contributed by atoms with E-state index < -0.39 is 0 Å². The minimum Gasteiger partial charge on any atom is -0.490 e. The summed E-state index contributed by atoms with van der Waals surface area (Å²) in [6.45, 7) is 2.77. The highest BCUT2D eigenvalue weighted by molar-refractivity contribution is 5.35. The van der Waals surface area contributed by atoms with E-state index >= 15 is 0 Å². The van der Waals surface area contributed by atoms with Gasteiger partial charge in [0.1, 0.15) is 24.7 Å². The summed E-state index contributed by atoms with van der Waals surface area (Å²) in [5.41, 5.74) is 2.40. The predicted molar refractivity (Wildman–Crippen MR) is 90.8 cm³/mol. The van der Waals surface area contributed by atoms with Crippen LogP contribution in [0, 0.1) is 0 Å². The molecule has 2 atom stereocenters. The van der Waals surface area contributed by atoms with Crippen molar-refractivity contribution in [3.63, 3.8) is 0 Å². The smallest absolute Gasteiger partial charge is 0.122 e. The lowest BCUT2D eigenvalue weighted by molar-refractivity contribution is 0.214. The van der Waals surface area contributed by atoms with Crippen LogP contribution in [-0.4, -0.2) is 38.6 Å². The number of hydrogen-bond acceptors (Lipinski definition) is 4. The van der Waals surface area contributed by atoms with E-state index in [4.69, 9.17) is 18.9 Å². The zero-order chi connectivity index (χ0) is 16.2. The molecule has 0 bridgehead atoms. The maximum atomic E-state index is 5.92. The van der Waals surface area contributed by atoms with Crippen molar-refractivity contribution in [1.29, 1.82) is 0 Å². The molecule has 24 heavy (non-hydrogen) atoms. The van der Waals surface area contributed by atoms with Gasteiger partial charge in [-0.2, -0.15) is 0 Å². The SMILES string of the molecule is c1ccc(OCCOc2ccccc2CC2CO2)c(CC2CO2)c1. The van der Waals surface area contributed by atoms with Crippen molar-refractivity contribution in [2.24, 2.45) is 0 Å². The third-order valence-electron chi connectivity index (χ3n) is 4.24. The zero-order valence-corrected chi connectivity index (χ0v) is 13.6. The van der Waals surface area contributed by atoms with E-state index in [0.29, 0.717) is 25.4 Å². The van der Waals surface area contributed by atoms with Gasteiger partial charge in [0.25, 0.3) is 0 Å². The fraction of sp³-hybridized carbons (Fsp3) is 0.400. The molecule has 2 saturated heterocycles. The molecule has 2 unspecified atom stereocenters. The van der Waals surface area contributed by atoms with Crippen molar-refractivity contribution < 1.29 is 18.9 Å². The zero-order valence-electron chi connectivity index (χ0n) is 13.6. The Labute approximate surface area is 142 Å². The van der Waals surface area contributed by atoms with E-state index in [-0.39, 0.29) is 0 Å². The summed E-state index contributed by atoms with van der Waals surface area (Å²) in [6, 6.07) is 16.3. The second kappa shape index (κ2) is 7.24. The first-order valence-corrected chi connectivity index (χ1v) is 8.53. The first kappa shape index (κ1) is 15.5. The van der Waals surface area contributed by atoms with Gasteiger partial charge in [-0.25, -0.2) is 0 Å². The van der Waals surface area contributed by atoms with Gasteiger partial charge in [-0.05, 0) is 23.3 Å². The molecule has 126 valence electrons. The van der Waals surface area contributed by atoms with Gasteiger partial charge in [0.2, 0.25) is 0 Å². The highest BCUT2D eigenvalue weighted by Gasteiger charge is 2.24. The molecule has 4 nitrogen and oxygen atoms in total. The van der Waals surface area contributed by atoms with E-state index in [1.807, 2.05) is 36.4 Å². The molecule has 2 aromatic carbocycles. The molecular formula is C20H22O4. The summed E-state index contributed by atoms with van der Waals surface area (Å²) >= 11 is 0. The molecule has 0 amide bonds. The quantitative estimate of drug-likeness (QED) is 0.525. The first-order valence-electron chi connectivity index (χ1n) is 8.53. The monoisotopic (exact) mass is 326 g/mol. The molecule has 0 N–H and O–H groups in total. The lowest BCUT2D eigenvalue weighted by Crippen LogP contribution is -2.11. The lowest BCUT2D eigenvalue weighted by Gasteiger charge is -2.13. The number of para-hydroxylation sites is 2. The van der Waals surface area contributed by atoms with Crippen LogP contribution >= 0.6 is 0 Å². The highest BCUT2D eigenvalue weighted by Crippen LogP contribution is 2.25. The summed E-state index contributed by atoms with van der Waals surface area (Å²) in [4.78, 5) is 0. The van der Waals surface area contributed by atoms with Gasteiger partial charge in [-0.1, -0.05) is 36.4 Å². The topological polar surface area (TPSA) is 43.5 Å². The number of benzene rings is 2. The summed E-state index contributed by atoms with van der Waals surface area (Å²) in [5, 5.41) is 0. The van der Waals surface area contributed by atoms with E-state index in [9.17, 15) is 0 Å². The Bertz CT molecular complexity index is 617. The third kappa shape index (κ3) is 4.28. The van der Waals surface area contributed by atoms with E-state index in [1.54, 1.807) is 0 Å². The van der Waals surface area contributed by atoms with Crippen LogP contribution in [0.25, 0.3) is 0 Å². The van der Waals surface area contributed by atoms with Crippen molar-refractivity contribution in [2.75, 3.05) is 26.4 Å². The van der Waals surface area contributed by atoms with Gasteiger partial charge in [-0.3, -0.25) is 0 Å². The summed E-state index contributed by atoms with van der Waals surface area (Å²) in [5.74, 6) is 1.85. The molecule has 0 spiro atoms. The molecule has 0 aliphatic carbocycles. The predicted octanol–water partition coefficient (Wildman–Crippen LogP) is 3.03. The molecule has 2 heterocycles. The van der Waals surface area contributed by atoms with Crippen LogP contribution < -0.4 is 9.47 Å². The Morgan fingerprint density at radius 1 is 0.708 bits per heavy atom. The van der Waals surface area contributed by atoms with Gasteiger partial charge < -0.3 is 18.9 Å². The van der Waals surface area contributed by atoms with Crippen molar-refractivity contribution in [2.45, 2.75) is 25.0 Å². The molecule has 0 aromatic heterocycles. The molecule has 4 heteroatoms. The molecule has 2 fully saturated rings. The van der Waals surface area contributed by atoms with Gasteiger partial charge in [0.15, 0.2) is 0 Å². The molecule has 4 rings (SSSR count). The average molecular weight is 326 g/mol. The van der Waals surface area contributed by atoms with Gasteiger partial charge in [0, 0.05) is 12.8 Å². The van der Waals surface area contributed by atoms with Gasteiger partial charge in [0.05, 0.1) is 25.4 Å². The Hall–Kier alpha value is -2.04. The fourth-order valence-corrected chi connectivity index (χ4v) is 2.79. The van der Waals surface area contributed by atoms with Crippen molar-refractivity contribution in [1.82, 2.24) is 0 Å². The van der Waals surface area contributed by atoms with Gasteiger partial charge in [-0.15, -0.1) is 0 Å².